The fraction of sp³-hybridized carbons (Fsp3) is 0.286. The molecule has 0 heterocycles. The molecule has 0 spiro atoms. The number of carboxylic acids is 1. The summed E-state index contributed by atoms with van der Waals surface area (Å²) >= 11 is 0. The lowest BCUT2D eigenvalue weighted by Gasteiger charge is -2.24. The van der Waals surface area contributed by atoms with Gasteiger partial charge in [-0.05, 0) is 50.6 Å². The summed E-state index contributed by atoms with van der Waals surface area (Å²) in [6.07, 6.45) is -2.32. The highest BCUT2D eigenvalue weighted by atomic mass is 19.3. The maximum atomic E-state index is 14.2. The Morgan fingerprint density at radius 2 is 1.34 bits per heavy atom. The minimum Gasteiger partial charge on any atom is -0.477 e. The minimum atomic E-state index is -4.34. The average Bonchev–Trinajstić information content (AvgIpc) is 2.65. The van der Waals surface area contributed by atoms with E-state index in [0.717, 1.165) is 0 Å². The van der Waals surface area contributed by atoms with Crippen LogP contribution < -0.4 is 0 Å². The summed E-state index contributed by atoms with van der Waals surface area (Å²) in [5.74, 6) is -8.53. The lowest BCUT2D eigenvalue weighted by atomic mass is 10.0. The Morgan fingerprint density at radius 1 is 0.862 bits per heavy atom. The lowest BCUT2D eigenvalue weighted by Crippen LogP contribution is -2.38. The van der Waals surface area contributed by atoms with E-state index >= 15 is 0 Å². The number of hydrogen-bond donors (Lipinski definition) is 1. The molecule has 0 aliphatic rings. The Labute approximate surface area is 166 Å². The van der Waals surface area contributed by atoms with Gasteiger partial charge in [-0.1, -0.05) is 30.3 Å². The van der Waals surface area contributed by atoms with Crippen molar-refractivity contribution in [3.8, 4) is 0 Å². The summed E-state index contributed by atoms with van der Waals surface area (Å²) in [6.45, 7) is 5.09. The van der Waals surface area contributed by atoms with Crippen molar-refractivity contribution in [2.24, 2.45) is 0 Å². The van der Waals surface area contributed by atoms with E-state index in [1.807, 2.05) is 0 Å². The Bertz CT molecular complexity index is 886. The first-order valence-electron chi connectivity index (χ1n) is 8.62. The van der Waals surface area contributed by atoms with E-state index in [0.29, 0.717) is 0 Å². The first-order valence-corrected chi connectivity index (χ1v) is 8.62. The molecule has 1 atom stereocenters. The van der Waals surface area contributed by atoms with Gasteiger partial charge in [0, 0.05) is 0 Å². The van der Waals surface area contributed by atoms with Crippen LogP contribution in [0.5, 0.6) is 0 Å². The van der Waals surface area contributed by atoms with Gasteiger partial charge in [0.15, 0.2) is 0 Å². The standard InChI is InChI=1S/C21H20F2O6/c1-20(2,3)29-18(25)15-11-9-14(10-12-15)17(24)28-16(21(22,23)19(26)27)13-7-5-4-6-8-13/h4-12,16H,1-3H3,(H,26,27). The average molecular weight is 406 g/mol. The van der Waals surface area contributed by atoms with E-state index in [-0.39, 0.29) is 16.7 Å². The normalized spacial score (nSPS) is 12.7. The summed E-state index contributed by atoms with van der Waals surface area (Å²) in [5, 5.41) is 8.85. The SMILES string of the molecule is CC(C)(C)OC(=O)c1ccc(C(=O)OC(c2ccccc2)C(F)(F)C(=O)O)cc1. The molecule has 2 aromatic rings. The van der Waals surface area contributed by atoms with Crippen molar-refractivity contribution in [2.75, 3.05) is 0 Å². The summed E-state index contributed by atoms with van der Waals surface area (Å²) < 4.78 is 38.4. The zero-order valence-electron chi connectivity index (χ0n) is 16.0. The molecule has 1 N–H and O–H groups in total. The molecule has 8 heteroatoms. The quantitative estimate of drug-likeness (QED) is 0.721. The Morgan fingerprint density at radius 3 is 1.79 bits per heavy atom. The Kier molecular flexibility index (Phi) is 6.36. The fourth-order valence-corrected chi connectivity index (χ4v) is 2.35. The molecule has 2 rings (SSSR count). The smallest absolute Gasteiger partial charge is 0.382 e. The van der Waals surface area contributed by atoms with Gasteiger partial charge in [-0.25, -0.2) is 14.4 Å². The molecular weight excluding hydrogens is 386 g/mol. The van der Waals surface area contributed by atoms with Gasteiger partial charge < -0.3 is 14.6 Å². The molecule has 1 unspecified atom stereocenters. The molecule has 0 aliphatic heterocycles. The fourth-order valence-electron chi connectivity index (χ4n) is 2.35. The van der Waals surface area contributed by atoms with E-state index in [4.69, 9.17) is 14.6 Å². The maximum absolute atomic E-state index is 14.2. The number of carboxylic acid groups (broad SMARTS) is 1. The van der Waals surface area contributed by atoms with Crippen LogP contribution in [0.2, 0.25) is 0 Å². The van der Waals surface area contributed by atoms with Crippen molar-refractivity contribution in [2.45, 2.75) is 38.4 Å². The molecule has 29 heavy (non-hydrogen) atoms. The second-order valence-corrected chi connectivity index (χ2v) is 7.20. The maximum Gasteiger partial charge on any atom is 0.382 e. The third-order valence-corrected chi connectivity index (χ3v) is 3.70. The molecule has 0 bridgehead atoms. The van der Waals surface area contributed by atoms with Gasteiger partial charge in [0.2, 0.25) is 6.10 Å². The van der Waals surface area contributed by atoms with Crippen molar-refractivity contribution in [3.05, 3.63) is 71.3 Å². The van der Waals surface area contributed by atoms with Gasteiger partial charge in [-0.3, -0.25) is 0 Å². The molecule has 0 fully saturated rings. The third kappa shape index (κ3) is 5.60. The van der Waals surface area contributed by atoms with Crippen molar-refractivity contribution in [1.82, 2.24) is 0 Å². The highest BCUT2D eigenvalue weighted by molar-refractivity contribution is 5.93. The van der Waals surface area contributed by atoms with Gasteiger partial charge in [-0.15, -0.1) is 0 Å². The molecular formula is C21H20F2O6. The monoisotopic (exact) mass is 406 g/mol. The van der Waals surface area contributed by atoms with E-state index < -0.39 is 35.5 Å². The van der Waals surface area contributed by atoms with Crippen LogP contribution in [0.25, 0.3) is 0 Å². The third-order valence-electron chi connectivity index (χ3n) is 3.70. The van der Waals surface area contributed by atoms with Gasteiger partial charge in [0.05, 0.1) is 11.1 Å². The Hall–Kier alpha value is -3.29. The highest BCUT2D eigenvalue weighted by Gasteiger charge is 2.51. The molecule has 0 aliphatic carbocycles. The first-order chi connectivity index (χ1) is 13.4. The van der Waals surface area contributed by atoms with E-state index in [9.17, 15) is 23.2 Å². The van der Waals surface area contributed by atoms with Crippen LogP contribution in [0.3, 0.4) is 0 Å². The summed E-state index contributed by atoms with van der Waals surface area (Å²) in [7, 11) is 0. The predicted molar refractivity (Wildman–Crippen MR) is 98.8 cm³/mol. The van der Waals surface area contributed by atoms with Crippen molar-refractivity contribution < 1.29 is 37.7 Å². The van der Waals surface area contributed by atoms with Crippen LogP contribution in [0.1, 0.15) is 53.2 Å². The second kappa shape index (κ2) is 8.38. The number of benzene rings is 2. The number of carbonyl (C=O) groups is 3. The van der Waals surface area contributed by atoms with Gasteiger partial charge in [0.1, 0.15) is 5.60 Å². The first kappa shape index (κ1) is 22.0. The van der Waals surface area contributed by atoms with Crippen LogP contribution in [-0.2, 0) is 14.3 Å². The summed E-state index contributed by atoms with van der Waals surface area (Å²) in [4.78, 5) is 35.3. The van der Waals surface area contributed by atoms with E-state index in [2.05, 4.69) is 0 Å². The highest BCUT2D eigenvalue weighted by Crippen LogP contribution is 2.35. The molecule has 0 amide bonds. The topological polar surface area (TPSA) is 89.9 Å². The molecule has 0 radical (unpaired) electrons. The van der Waals surface area contributed by atoms with Gasteiger partial charge in [-0.2, -0.15) is 8.78 Å². The number of rotatable bonds is 6. The number of aliphatic carboxylic acids is 1. The van der Waals surface area contributed by atoms with Gasteiger partial charge >= 0.3 is 23.8 Å². The molecule has 2 aromatic carbocycles. The summed E-state index contributed by atoms with van der Waals surface area (Å²) in [5.41, 5.74) is -0.843. The van der Waals surface area contributed by atoms with Crippen LogP contribution in [-0.4, -0.2) is 34.5 Å². The van der Waals surface area contributed by atoms with Crippen LogP contribution in [0, 0.1) is 0 Å². The van der Waals surface area contributed by atoms with E-state index in [1.54, 1.807) is 26.8 Å². The number of esters is 2. The molecule has 0 saturated carbocycles. The Balaban J connectivity index is 2.24. The number of halogens is 2. The zero-order valence-corrected chi connectivity index (χ0v) is 16.0. The van der Waals surface area contributed by atoms with Crippen LogP contribution in [0.4, 0.5) is 8.78 Å². The van der Waals surface area contributed by atoms with Crippen molar-refractivity contribution >= 4 is 17.9 Å². The number of ether oxygens (including phenoxy) is 2. The molecule has 0 aromatic heterocycles. The largest absolute Gasteiger partial charge is 0.477 e. The lowest BCUT2D eigenvalue weighted by molar-refractivity contribution is -0.183. The van der Waals surface area contributed by atoms with Gasteiger partial charge in [0.25, 0.3) is 0 Å². The number of hydrogen-bond acceptors (Lipinski definition) is 5. The zero-order chi connectivity index (χ0) is 21.8. The number of carbonyl (C=O) groups excluding carboxylic acids is 2. The van der Waals surface area contributed by atoms with Crippen LogP contribution in [0.15, 0.2) is 54.6 Å². The number of alkyl halides is 2. The van der Waals surface area contributed by atoms with Crippen molar-refractivity contribution in [3.63, 3.8) is 0 Å². The molecule has 154 valence electrons. The second-order valence-electron chi connectivity index (χ2n) is 7.20. The molecule has 6 nitrogen and oxygen atoms in total. The predicted octanol–water partition coefficient (Wildman–Crippen LogP) is 4.26. The van der Waals surface area contributed by atoms with Crippen molar-refractivity contribution in [1.29, 1.82) is 0 Å². The van der Waals surface area contributed by atoms with E-state index in [1.165, 1.54) is 48.5 Å². The van der Waals surface area contributed by atoms with Crippen LogP contribution >= 0.6 is 0 Å². The summed E-state index contributed by atoms with van der Waals surface area (Å²) in [6, 6.07) is 11.9. The molecule has 0 saturated heterocycles. The minimum absolute atomic E-state index is 0.126.